The molecule has 0 aliphatic heterocycles. The zero-order valence-corrected chi connectivity index (χ0v) is 12.2. The molecule has 1 heterocycles. The molecule has 4 N–H and O–H groups in total. The van der Waals surface area contributed by atoms with Gasteiger partial charge in [0.15, 0.2) is 5.84 Å². The fraction of sp³-hybridized carbons (Fsp3) is 0.538. The summed E-state index contributed by atoms with van der Waals surface area (Å²) in [5.74, 6) is 0.365. The van der Waals surface area contributed by atoms with Gasteiger partial charge in [-0.3, -0.25) is 4.79 Å². The van der Waals surface area contributed by atoms with E-state index in [-0.39, 0.29) is 11.7 Å². The number of nitrogens with two attached hydrogens (primary N) is 1. The molecule has 1 aliphatic rings. The fourth-order valence-corrected chi connectivity index (χ4v) is 3.35. The highest BCUT2D eigenvalue weighted by molar-refractivity contribution is 7.12. The van der Waals surface area contributed by atoms with Gasteiger partial charge in [0.1, 0.15) is 16.2 Å². The van der Waals surface area contributed by atoms with Gasteiger partial charge in [0.05, 0.1) is 7.11 Å². The van der Waals surface area contributed by atoms with Gasteiger partial charge in [0.2, 0.25) is 0 Å². The average molecular weight is 297 g/mol. The molecule has 6 nitrogen and oxygen atoms in total. The van der Waals surface area contributed by atoms with Crippen molar-refractivity contribution in [1.82, 2.24) is 5.32 Å². The number of nitrogens with zero attached hydrogens (tertiary/aromatic N) is 1. The molecule has 0 saturated heterocycles. The van der Waals surface area contributed by atoms with Crippen LogP contribution < -0.4 is 15.8 Å². The van der Waals surface area contributed by atoms with Gasteiger partial charge >= 0.3 is 0 Å². The third-order valence-corrected chi connectivity index (χ3v) is 4.61. The largest absolute Gasteiger partial charge is 0.495 e. The van der Waals surface area contributed by atoms with Crippen molar-refractivity contribution in [2.45, 2.75) is 37.6 Å². The maximum absolute atomic E-state index is 12.4. The van der Waals surface area contributed by atoms with E-state index in [2.05, 4.69) is 10.5 Å². The molecule has 0 unspecified atom stereocenters. The van der Waals surface area contributed by atoms with Crippen LogP contribution >= 0.6 is 11.3 Å². The molecule has 110 valence electrons. The lowest BCUT2D eigenvalue weighted by atomic mass is 9.80. The number of carbonyl (C=O) groups is 1. The SMILES string of the molecule is COc1ccsc1C(=O)NC1(/C(N)=N/O)CCCCC1. The third-order valence-electron chi connectivity index (χ3n) is 3.71. The van der Waals surface area contributed by atoms with Gasteiger partial charge in [-0.25, -0.2) is 0 Å². The molecule has 0 aromatic carbocycles. The Morgan fingerprint density at radius 2 is 2.20 bits per heavy atom. The van der Waals surface area contributed by atoms with Crippen LogP contribution in [0.5, 0.6) is 5.75 Å². The standard InChI is InChI=1S/C13H19N3O3S/c1-19-9-5-8-20-10(9)11(17)15-13(12(14)16-18)6-3-2-4-7-13/h5,8,18H,2-4,6-7H2,1H3,(H2,14,16)(H,15,17). The molecular weight excluding hydrogens is 278 g/mol. The molecule has 1 fully saturated rings. The van der Waals surface area contributed by atoms with Gasteiger partial charge in [-0.05, 0) is 24.3 Å². The van der Waals surface area contributed by atoms with Crippen LogP contribution in [-0.4, -0.2) is 29.6 Å². The Kier molecular flexibility index (Phi) is 4.49. The number of amidine groups is 1. The number of amides is 1. The number of carbonyl (C=O) groups excluding carboxylic acids is 1. The molecule has 1 amide bonds. The summed E-state index contributed by atoms with van der Waals surface area (Å²) in [5.41, 5.74) is 5.06. The fourth-order valence-electron chi connectivity index (χ4n) is 2.59. The molecule has 2 rings (SSSR count). The number of methoxy groups -OCH3 is 1. The number of nitrogens with one attached hydrogen (secondary N) is 1. The Morgan fingerprint density at radius 1 is 1.50 bits per heavy atom. The van der Waals surface area contributed by atoms with Gasteiger partial charge < -0.3 is 21.0 Å². The first-order valence-electron chi connectivity index (χ1n) is 6.55. The maximum Gasteiger partial charge on any atom is 0.265 e. The maximum atomic E-state index is 12.4. The van der Waals surface area contributed by atoms with E-state index >= 15 is 0 Å². The summed E-state index contributed by atoms with van der Waals surface area (Å²) in [4.78, 5) is 12.9. The van der Waals surface area contributed by atoms with Crippen molar-refractivity contribution in [1.29, 1.82) is 0 Å². The van der Waals surface area contributed by atoms with Crippen LogP contribution in [0.1, 0.15) is 41.8 Å². The van der Waals surface area contributed by atoms with Crippen molar-refractivity contribution < 1.29 is 14.7 Å². The van der Waals surface area contributed by atoms with E-state index in [0.29, 0.717) is 23.5 Å². The zero-order valence-electron chi connectivity index (χ0n) is 11.4. The topological polar surface area (TPSA) is 96.9 Å². The minimum Gasteiger partial charge on any atom is -0.495 e. The number of hydrogen-bond acceptors (Lipinski definition) is 5. The summed E-state index contributed by atoms with van der Waals surface area (Å²) in [6.07, 6.45) is 4.35. The van der Waals surface area contributed by atoms with Crippen LogP contribution in [0.2, 0.25) is 0 Å². The van der Waals surface area contributed by atoms with Gasteiger partial charge in [0.25, 0.3) is 5.91 Å². The number of ether oxygens (including phenoxy) is 1. The van der Waals surface area contributed by atoms with Crippen LogP contribution in [0.15, 0.2) is 16.6 Å². The number of hydrogen-bond donors (Lipinski definition) is 3. The minimum atomic E-state index is -0.751. The van der Waals surface area contributed by atoms with E-state index < -0.39 is 5.54 Å². The number of rotatable bonds is 4. The predicted octanol–water partition coefficient (Wildman–Crippen LogP) is 1.94. The Morgan fingerprint density at radius 3 is 2.80 bits per heavy atom. The normalized spacial score (nSPS) is 18.6. The second-order valence-electron chi connectivity index (χ2n) is 4.90. The summed E-state index contributed by atoms with van der Waals surface area (Å²) >= 11 is 1.31. The van der Waals surface area contributed by atoms with E-state index in [1.54, 1.807) is 11.4 Å². The van der Waals surface area contributed by atoms with Crippen molar-refractivity contribution in [2.24, 2.45) is 10.9 Å². The number of thiophene rings is 1. The lowest BCUT2D eigenvalue weighted by Crippen LogP contribution is -2.58. The quantitative estimate of drug-likeness (QED) is 0.342. The smallest absolute Gasteiger partial charge is 0.265 e. The van der Waals surface area contributed by atoms with Crippen LogP contribution in [0.25, 0.3) is 0 Å². The summed E-state index contributed by atoms with van der Waals surface area (Å²) in [6.45, 7) is 0. The summed E-state index contributed by atoms with van der Waals surface area (Å²) in [6, 6.07) is 1.75. The van der Waals surface area contributed by atoms with E-state index in [1.165, 1.54) is 18.4 Å². The molecule has 1 saturated carbocycles. The Labute approximate surface area is 121 Å². The third kappa shape index (κ3) is 2.72. The van der Waals surface area contributed by atoms with Crippen molar-refractivity contribution in [3.8, 4) is 5.75 Å². The van der Waals surface area contributed by atoms with Crippen molar-refractivity contribution in [3.05, 3.63) is 16.3 Å². The first-order valence-corrected chi connectivity index (χ1v) is 7.43. The molecule has 1 aliphatic carbocycles. The second-order valence-corrected chi connectivity index (χ2v) is 5.82. The Balaban J connectivity index is 2.22. The van der Waals surface area contributed by atoms with Gasteiger partial charge in [-0.15, -0.1) is 11.3 Å². The Bertz CT molecular complexity index is 507. The molecule has 0 atom stereocenters. The molecular formula is C13H19N3O3S. The molecule has 0 radical (unpaired) electrons. The average Bonchev–Trinajstić information content (AvgIpc) is 2.95. The summed E-state index contributed by atoms with van der Waals surface area (Å²) in [5, 5.41) is 16.8. The Hall–Kier alpha value is -1.76. The highest BCUT2D eigenvalue weighted by atomic mass is 32.1. The monoisotopic (exact) mass is 297 g/mol. The van der Waals surface area contributed by atoms with Crippen molar-refractivity contribution in [3.63, 3.8) is 0 Å². The van der Waals surface area contributed by atoms with Crippen LogP contribution in [0.3, 0.4) is 0 Å². The second kappa shape index (κ2) is 6.13. The van der Waals surface area contributed by atoms with Gasteiger partial charge in [0, 0.05) is 0 Å². The highest BCUT2D eigenvalue weighted by Gasteiger charge is 2.38. The molecule has 0 bridgehead atoms. The summed E-state index contributed by atoms with van der Waals surface area (Å²) in [7, 11) is 1.53. The molecule has 7 heteroatoms. The lowest BCUT2D eigenvalue weighted by molar-refractivity contribution is 0.0907. The van der Waals surface area contributed by atoms with E-state index in [1.807, 2.05) is 0 Å². The summed E-state index contributed by atoms with van der Waals surface area (Å²) < 4.78 is 5.15. The molecule has 0 spiro atoms. The van der Waals surface area contributed by atoms with Gasteiger partial charge in [-0.1, -0.05) is 24.4 Å². The zero-order chi connectivity index (χ0) is 14.6. The van der Waals surface area contributed by atoms with E-state index in [9.17, 15) is 4.79 Å². The van der Waals surface area contributed by atoms with Gasteiger partial charge in [-0.2, -0.15) is 0 Å². The molecule has 1 aromatic heterocycles. The predicted molar refractivity (Wildman–Crippen MR) is 77.6 cm³/mol. The van der Waals surface area contributed by atoms with Crippen LogP contribution in [0, 0.1) is 0 Å². The number of oxime groups is 1. The van der Waals surface area contributed by atoms with Crippen LogP contribution in [-0.2, 0) is 0 Å². The first kappa shape index (κ1) is 14.6. The first-order chi connectivity index (χ1) is 9.63. The van der Waals surface area contributed by atoms with E-state index in [4.69, 9.17) is 15.7 Å². The minimum absolute atomic E-state index is 0.0704. The van der Waals surface area contributed by atoms with Crippen molar-refractivity contribution >= 4 is 23.1 Å². The molecule has 1 aromatic rings. The lowest BCUT2D eigenvalue weighted by Gasteiger charge is -2.36. The van der Waals surface area contributed by atoms with E-state index in [0.717, 1.165) is 19.3 Å². The van der Waals surface area contributed by atoms with Crippen LogP contribution in [0.4, 0.5) is 0 Å². The van der Waals surface area contributed by atoms with Crippen molar-refractivity contribution in [2.75, 3.05) is 7.11 Å². The molecule has 20 heavy (non-hydrogen) atoms. The highest BCUT2D eigenvalue weighted by Crippen LogP contribution is 2.31.